The van der Waals surface area contributed by atoms with Gasteiger partial charge in [0.15, 0.2) is 5.78 Å². The molecular weight excluding hydrogens is 210 g/mol. The quantitative estimate of drug-likeness (QED) is 0.807. The molecule has 1 heterocycles. The maximum absolute atomic E-state index is 12.7. The number of Topliss-reactive ketones (excluding diaryl/α,β-unsaturated/α-hetero) is 1. The third kappa shape index (κ3) is 2.58. The van der Waals surface area contributed by atoms with Crippen LogP contribution in [-0.2, 0) is 0 Å². The summed E-state index contributed by atoms with van der Waals surface area (Å²) in [6.45, 7) is 4.05. The summed E-state index contributed by atoms with van der Waals surface area (Å²) in [4.78, 5) is 12.7. The highest BCUT2D eigenvalue weighted by atomic mass is 16.1. The minimum absolute atomic E-state index is 0.158. The number of carbonyl (C=O) groups excluding carboxylic acids is 1. The zero-order chi connectivity index (χ0) is 12.1. The van der Waals surface area contributed by atoms with Gasteiger partial charge in [0.25, 0.3) is 0 Å². The molecule has 1 aromatic rings. The molecule has 0 saturated carbocycles. The second-order valence-electron chi connectivity index (χ2n) is 5.01. The Bertz CT molecular complexity index is 360. The topological polar surface area (TPSA) is 29.1 Å². The van der Waals surface area contributed by atoms with E-state index in [2.05, 4.69) is 12.2 Å². The van der Waals surface area contributed by atoms with E-state index < -0.39 is 0 Å². The van der Waals surface area contributed by atoms with E-state index in [9.17, 15) is 4.79 Å². The number of hydrogen-bond acceptors (Lipinski definition) is 2. The smallest absolute Gasteiger partial charge is 0.170 e. The minimum atomic E-state index is -0.158. The van der Waals surface area contributed by atoms with Crippen molar-refractivity contribution in [1.82, 2.24) is 5.32 Å². The standard InChI is InChI=1S/C15H21NO/c1-2-9-15(10-6-11-16-12-15)14(17)13-7-4-3-5-8-13/h3-5,7-8,16H,2,6,9-12H2,1H3. The fourth-order valence-corrected chi connectivity index (χ4v) is 2.86. The van der Waals surface area contributed by atoms with Crippen LogP contribution in [0.3, 0.4) is 0 Å². The molecule has 0 aliphatic carbocycles. The van der Waals surface area contributed by atoms with Gasteiger partial charge in [0.05, 0.1) is 0 Å². The molecule has 0 aromatic heterocycles. The lowest BCUT2D eigenvalue weighted by molar-refractivity contribution is 0.0718. The molecule has 0 amide bonds. The highest BCUT2D eigenvalue weighted by Crippen LogP contribution is 2.35. The molecule has 2 rings (SSSR count). The van der Waals surface area contributed by atoms with Gasteiger partial charge in [-0.05, 0) is 25.8 Å². The zero-order valence-electron chi connectivity index (χ0n) is 10.5. The molecule has 0 radical (unpaired) electrons. The monoisotopic (exact) mass is 231 g/mol. The average molecular weight is 231 g/mol. The number of benzene rings is 1. The van der Waals surface area contributed by atoms with Crippen molar-refractivity contribution in [2.24, 2.45) is 5.41 Å². The molecule has 17 heavy (non-hydrogen) atoms. The third-order valence-electron chi connectivity index (χ3n) is 3.72. The fraction of sp³-hybridized carbons (Fsp3) is 0.533. The first-order valence-corrected chi connectivity index (χ1v) is 6.59. The van der Waals surface area contributed by atoms with E-state index in [-0.39, 0.29) is 5.41 Å². The summed E-state index contributed by atoms with van der Waals surface area (Å²) < 4.78 is 0. The van der Waals surface area contributed by atoms with E-state index in [0.29, 0.717) is 5.78 Å². The van der Waals surface area contributed by atoms with Gasteiger partial charge in [0.1, 0.15) is 0 Å². The summed E-state index contributed by atoms with van der Waals surface area (Å²) in [5, 5.41) is 3.39. The molecule has 1 unspecified atom stereocenters. The van der Waals surface area contributed by atoms with Crippen LogP contribution in [0.2, 0.25) is 0 Å². The van der Waals surface area contributed by atoms with Crippen LogP contribution in [0.1, 0.15) is 43.0 Å². The number of nitrogens with one attached hydrogen (secondary N) is 1. The number of ketones is 1. The Kier molecular flexibility index (Phi) is 3.95. The number of piperidine rings is 1. The van der Waals surface area contributed by atoms with Crippen LogP contribution in [0.5, 0.6) is 0 Å². The average Bonchev–Trinajstić information content (AvgIpc) is 2.40. The molecule has 92 valence electrons. The number of hydrogen-bond donors (Lipinski definition) is 1. The molecule has 2 nitrogen and oxygen atoms in total. The van der Waals surface area contributed by atoms with Crippen molar-refractivity contribution in [2.45, 2.75) is 32.6 Å². The van der Waals surface area contributed by atoms with E-state index in [0.717, 1.165) is 44.3 Å². The van der Waals surface area contributed by atoms with E-state index in [1.165, 1.54) is 0 Å². The van der Waals surface area contributed by atoms with Gasteiger partial charge in [-0.1, -0.05) is 43.7 Å². The second-order valence-corrected chi connectivity index (χ2v) is 5.01. The van der Waals surface area contributed by atoms with Crippen LogP contribution in [0, 0.1) is 5.41 Å². The Morgan fingerprint density at radius 2 is 2.12 bits per heavy atom. The summed E-state index contributed by atoms with van der Waals surface area (Å²) in [7, 11) is 0. The van der Waals surface area contributed by atoms with Gasteiger partial charge in [-0.25, -0.2) is 0 Å². The van der Waals surface area contributed by atoms with Crippen LogP contribution >= 0.6 is 0 Å². The van der Waals surface area contributed by atoms with E-state index in [4.69, 9.17) is 0 Å². The minimum Gasteiger partial charge on any atom is -0.316 e. The van der Waals surface area contributed by atoms with Crippen LogP contribution in [-0.4, -0.2) is 18.9 Å². The highest BCUT2D eigenvalue weighted by molar-refractivity contribution is 6.00. The summed E-state index contributed by atoms with van der Waals surface area (Å²) in [5.74, 6) is 0.326. The maximum atomic E-state index is 12.7. The lowest BCUT2D eigenvalue weighted by atomic mass is 9.72. The number of carbonyl (C=O) groups is 1. The Morgan fingerprint density at radius 1 is 1.35 bits per heavy atom. The molecule has 1 aromatic carbocycles. The molecule has 0 spiro atoms. The van der Waals surface area contributed by atoms with Crippen molar-refractivity contribution in [2.75, 3.05) is 13.1 Å². The van der Waals surface area contributed by atoms with Crippen molar-refractivity contribution < 1.29 is 4.79 Å². The van der Waals surface area contributed by atoms with E-state index >= 15 is 0 Å². The van der Waals surface area contributed by atoms with Crippen molar-refractivity contribution in [3.05, 3.63) is 35.9 Å². The maximum Gasteiger partial charge on any atom is 0.170 e. The van der Waals surface area contributed by atoms with Crippen molar-refractivity contribution in [3.8, 4) is 0 Å². The van der Waals surface area contributed by atoms with Gasteiger partial charge in [0.2, 0.25) is 0 Å². The third-order valence-corrected chi connectivity index (χ3v) is 3.72. The Balaban J connectivity index is 2.24. The normalized spacial score (nSPS) is 24.5. The Morgan fingerprint density at radius 3 is 2.71 bits per heavy atom. The SMILES string of the molecule is CCCC1(C(=O)c2ccccc2)CCCNC1. The van der Waals surface area contributed by atoms with E-state index in [1.807, 2.05) is 30.3 Å². The van der Waals surface area contributed by atoms with Crippen LogP contribution in [0.25, 0.3) is 0 Å². The predicted molar refractivity (Wildman–Crippen MR) is 70.2 cm³/mol. The van der Waals surface area contributed by atoms with Crippen molar-refractivity contribution >= 4 is 5.78 Å². The Hall–Kier alpha value is -1.15. The van der Waals surface area contributed by atoms with Gasteiger partial charge >= 0.3 is 0 Å². The Labute approximate surface area is 103 Å². The van der Waals surface area contributed by atoms with Crippen LogP contribution < -0.4 is 5.32 Å². The van der Waals surface area contributed by atoms with Gasteiger partial charge < -0.3 is 5.32 Å². The molecule has 1 fully saturated rings. The number of rotatable bonds is 4. The van der Waals surface area contributed by atoms with Crippen molar-refractivity contribution in [1.29, 1.82) is 0 Å². The first kappa shape index (κ1) is 12.3. The lowest BCUT2D eigenvalue weighted by Crippen LogP contribution is -2.45. The molecular formula is C15H21NO. The fourth-order valence-electron chi connectivity index (χ4n) is 2.86. The molecule has 0 bridgehead atoms. The van der Waals surface area contributed by atoms with Gasteiger partial charge in [-0.3, -0.25) is 4.79 Å². The molecule has 1 aliphatic rings. The summed E-state index contributed by atoms with van der Waals surface area (Å²) in [5.41, 5.74) is 0.707. The molecule has 1 aliphatic heterocycles. The highest BCUT2D eigenvalue weighted by Gasteiger charge is 2.38. The predicted octanol–water partition coefficient (Wildman–Crippen LogP) is 3.04. The van der Waals surface area contributed by atoms with Crippen LogP contribution in [0.4, 0.5) is 0 Å². The largest absolute Gasteiger partial charge is 0.316 e. The van der Waals surface area contributed by atoms with Gasteiger partial charge in [0, 0.05) is 17.5 Å². The first-order valence-electron chi connectivity index (χ1n) is 6.59. The summed E-state index contributed by atoms with van der Waals surface area (Å²) >= 11 is 0. The van der Waals surface area contributed by atoms with Gasteiger partial charge in [-0.15, -0.1) is 0 Å². The summed E-state index contributed by atoms with van der Waals surface area (Å²) in [6.07, 6.45) is 4.20. The van der Waals surface area contributed by atoms with Crippen molar-refractivity contribution in [3.63, 3.8) is 0 Å². The molecule has 1 saturated heterocycles. The molecule has 2 heteroatoms. The molecule has 1 atom stereocenters. The first-order chi connectivity index (χ1) is 8.28. The van der Waals surface area contributed by atoms with Gasteiger partial charge in [-0.2, -0.15) is 0 Å². The van der Waals surface area contributed by atoms with Crippen LogP contribution in [0.15, 0.2) is 30.3 Å². The lowest BCUT2D eigenvalue weighted by Gasteiger charge is -2.36. The summed E-state index contributed by atoms with van der Waals surface area (Å²) in [6, 6.07) is 9.73. The zero-order valence-corrected chi connectivity index (χ0v) is 10.5. The molecule has 1 N–H and O–H groups in total. The van der Waals surface area contributed by atoms with E-state index in [1.54, 1.807) is 0 Å². The second kappa shape index (κ2) is 5.46.